The summed E-state index contributed by atoms with van der Waals surface area (Å²) in [7, 11) is 0. The van der Waals surface area contributed by atoms with Gasteiger partial charge in [0.2, 0.25) is 0 Å². The summed E-state index contributed by atoms with van der Waals surface area (Å²) < 4.78 is 0. The first-order chi connectivity index (χ1) is 13.6. The van der Waals surface area contributed by atoms with Gasteiger partial charge in [-0.25, -0.2) is 0 Å². The molecule has 144 valence electrons. The molecule has 2 rings (SSSR count). The molecule has 0 N–H and O–H groups in total. The van der Waals surface area contributed by atoms with E-state index in [-0.39, 0.29) is 0 Å². The van der Waals surface area contributed by atoms with Gasteiger partial charge in [-0.3, -0.25) is 0 Å². The Morgan fingerprint density at radius 3 is 1.11 bits per heavy atom. The topological polar surface area (TPSA) is 54.1 Å². The van der Waals surface area contributed by atoms with Gasteiger partial charge in [-0.15, -0.1) is 0 Å². The van der Waals surface area contributed by atoms with E-state index in [1.54, 1.807) is 0 Å². The van der Waals surface area contributed by atoms with Gasteiger partial charge < -0.3 is 9.80 Å². The normalized spacial score (nSPS) is 11.2. The highest BCUT2D eigenvalue weighted by molar-refractivity contribution is 6.02. The number of anilines is 2. The van der Waals surface area contributed by atoms with E-state index in [2.05, 4.69) is 49.6 Å². The lowest BCUT2D eigenvalue weighted by atomic mass is 9.96. The van der Waals surface area contributed by atoms with Gasteiger partial charge in [0.15, 0.2) is 0 Å². The SMILES string of the molecule is CCN(CC)c1ccc(/C(C#N)=C(\C#N)c2ccc(N(CC)CC)cc2)cc1. The molecule has 28 heavy (non-hydrogen) atoms. The molecule has 0 radical (unpaired) electrons. The molecule has 0 aliphatic carbocycles. The van der Waals surface area contributed by atoms with Crippen LogP contribution in [0.4, 0.5) is 11.4 Å². The van der Waals surface area contributed by atoms with E-state index in [9.17, 15) is 10.5 Å². The molecule has 0 spiro atoms. The van der Waals surface area contributed by atoms with Crippen molar-refractivity contribution < 1.29 is 0 Å². The van der Waals surface area contributed by atoms with E-state index < -0.39 is 0 Å². The molecule has 0 atom stereocenters. The fourth-order valence-corrected chi connectivity index (χ4v) is 3.38. The number of nitrogens with zero attached hydrogens (tertiary/aromatic N) is 4. The maximum Gasteiger partial charge on any atom is 0.101 e. The standard InChI is InChI=1S/C24H28N4/c1-5-27(6-2)21-13-9-19(10-14-21)23(17-25)24(18-26)20-11-15-22(16-12-20)28(7-3)8-4/h9-16H,5-8H2,1-4H3/b24-23+. The summed E-state index contributed by atoms with van der Waals surface area (Å²) in [6.07, 6.45) is 0. The number of hydrogen-bond donors (Lipinski definition) is 0. The zero-order valence-electron chi connectivity index (χ0n) is 17.2. The van der Waals surface area contributed by atoms with Crippen molar-refractivity contribution in [1.82, 2.24) is 0 Å². The van der Waals surface area contributed by atoms with Crippen molar-refractivity contribution in [1.29, 1.82) is 10.5 Å². The van der Waals surface area contributed by atoms with E-state index in [1.807, 2.05) is 48.5 Å². The van der Waals surface area contributed by atoms with Crippen LogP contribution in [0.1, 0.15) is 38.8 Å². The van der Waals surface area contributed by atoms with Crippen molar-refractivity contribution in [3.8, 4) is 12.1 Å². The lowest BCUT2D eigenvalue weighted by Gasteiger charge is -2.21. The van der Waals surface area contributed by atoms with Crippen molar-refractivity contribution in [2.75, 3.05) is 36.0 Å². The average Bonchev–Trinajstić information content (AvgIpc) is 2.75. The van der Waals surface area contributed by atoms with E-state index >= 15 is 0 Å². The first-order valence-electron chi connectivity index (χ1n) is 9.88. The van der Waals surface area contributed by atoms with Crippen LogP contribution in [0.2, 0.25) is 0 Å². The van der Waals surface area contributed by atoms with Crippen LogP contribution in [0.5, 0.6) is 0 Å². The molecule has 4 nitrogen and oxygen atoms in total. The third-order valence-corrected chi connectivity index (χ3v) is 5.04. The summed E-state index contributed by atoms with van der Waals surface area (Å²) in [5.74, 6) is 0. The first-order valence-corrected chi connectivity index (χ1v) is 9.88. The number of allylic oxidation sites excluding steroid dienone is 2. The summed E-state index contributed by atoms with van der Waals surface area (Å²) in [6.45, 7) is 12.2. The number of nitriles is 2. The second-order valence-corrected chi connectivity index (χ2v) is 6.41. The summed E-state index contributed by atoms with van der Waals surface area (Å²) in [5, 5.41) is 19.5. The molecule has 0 saturated carbocycles. The van der Waals surface area contributed by atoms with Gasteiger partial charge in [0.05, 0.1) is 11.1 Å². The van der Waals surface area contributed by atoms with Gasteiger partial charge in [-0.2, -0.15) is 10.5 Å². The van der Waals surface area contributed by atoms with Gasteiger partial charge in [0.1, 0.15) is 12.1 Å². The smallest absolute Gasteiger partial charge is 0.101 e. The Kier molecular flexibility index (Phi) is 7.66. The van der Waals surface area contributed by atoms with E-state index in [0.717, 1.165) is 48.7 Å². The predicted octanol–water partition coefficient (Wildman–Crippen LogP) is 5.34. The first kappa shape index (κ1) is 21.1. The van der Waals surface area contributed by atoms with Crippen LogP contribution in [0, 0.1) is 22.7 Å². The molecule has 0 amide bonds. The quantitative estimate of drug-likeness (QED) is 0.464. The van der Waals surface area contributed by atoms with Gasteiger partial charge in [0, 0.05) is 37.6 Å². The largest absolute Gasteiger partial charge is 0.372 e. The van der Waals surface area contributed by atoms with Crippen molar-refractivity contribution in [2.24, 2.45) is 0 Å². The monoisotopic (exact) mass is 372 g/mol. The van der Waals surface area contributed by atoms with E-state index in [1.165, 1.54) is 0 Å². The highest BCUT2D eigenvalue weighted by Gasteiger charge is 2.13. The fraction of sp³-hybridized carbons (Fsp3) is 0.333. The Morgan fingerprint density at radius 1 is 0.607 bits per heavy atom. The Labute approximate surface area is 168 Å². The molecule has 0 aliphatic heterocycles. The number of hydrogen-bond acceptors (Lipinski definition) is 4. The maximum absolute atomic E-state index is 9.75. The van der Waals surface area contributed by atoms with E-state index in [0.29, 0.717) is 11.1 Å². The maximum atomic E-state index is 9.75. The minimum absolute atomic E-state index is 0.407. The summed E-state index contributed by atoms with van der Waals surface area (Å²) in [5.41, 5.74) is 4.58. The zero-order chi connectivity index (χ0) is 20.5. The number of benzene rings is 2. The summed E-state index contributed by atoms with van der Waals surface area (Å²) in [6, 6.07) is 20.2. The average molecular weight is 373 g/mol. The molecule has 0 aliphatic rings. The second-order valence-electron chi connectivity index (χ2n) is 6.41. The molecule has 0 aromatic heterocycles. The molecule has 0 fully saturated rings. The van der Waals surface area contributed by atoms with Gasteiger partial charge >= 0.3 is 0 Å². The fourth-order valence-electron chi connectivity index (χ4n) is 3.38. The molecule has 0 saturated heterocycles. The van der Waals surface area contributed by atoms with Gasteiger partial charge in [-0.05, 0) is 63.1 Å². The van der Waals surface area contributed by atoms with Crippen molar-refractivity contribution in [3.05, 3.63) is 59.7 Å². The van der Waals surface area contributed by atoms with Crippen LogP contribution < -0.4 is 9.80 Å². The minimum atomic E-state index is 0.407. The molecular weight excluding hydrogens is 344 g/mol. The Balaban J connectivity index is 2.43. The summed E-state index contributed by atoms with van der Waals surface area (Å²) >= 11 is 0. The van der Waals surface area contributed by atoms with Crippen LogP contribution in [-0.4, -0.2) is 26.2 Å². The molecule has 2 aromatic rings. The molecule has 2 aromatic carbocycles. The number of rotatable bonds is 8. The van der Waals surface area contributed by atoms with Gasteiger partial charge in [-0.1, -0.05) is 24.3 Å². The van der Waals surface area contributed by atoms with E-state index in [4.69, 9.17) is 0 Å². The van der Waals surface area contributed by atoms with Crippen molar-refractivity contribution in [2.45, 2.75) is 27.7 Å². The van der Waals surface area contributed by atoms with Crippen LogP contribution in [0.15, 0.2) is 48.5 Å². The zero-order valence-corrected chi connectivity index (χ0v) is 17.2. The molecular formula is C24H28N4. The Morgan fingerprint density at radius 2 is 0.893 bits per heavy atom. The highest BCUT2D eigenvalue weighted by atomic mass is 15.1. The minimum Gasteiger partial charge on any atom is -0.372 e. The Hall–Kier alpha value is -3.24. The lowest BCUT2D eigenvalue weighted by Crippen LogP contribution is -2.21. The Bertz CT molecular complexity index is 797. The second kappa shape index (κ2) is 10.2. The third-order valence-electron chi connectivity index (χ3n) is 5.04. The van der Waals surface area contributed by atoms with Crippen LogP contribution in [0.3, 0.4) is 0 Å². The summed E-state index contributed by atoms with van der Waals surface area (Å²) in [4.78, 5) is 4.49. The lowest BCUT2D eigenvalue weighted by molar-refractivity contribution is 0.866. The van der Waals surface area contributed by atoms with Gasteiger partial charge in [0.25, 0.3) is 0 Å². The van der Waals surface area contributed by atoms with Crippen LogP contribution >= 0.6 is 0 Å². The molecule has 0 bridgehead atoms. The van der Waals surface area contributed by atoms with Crippen molar-refractivity contribution in [3.63, 3.8) is 0 Å². The van der Waals surface area contributed by atoms with Crippen LogP contribution in [-0.2, 0) is 0 Å². The predicted molar refractivity (Wildman–Crippen MR) is 118 cm³/mol. The molecule has 4 heteroatoms. The van der Waals surface area contributed by atoms with Crippen LogP contribution in [0.25, 0.3) is 11.1 Å². The highest BCUT2D eigenvalue weighted by Crippen LogP contribution is 2.28. The molecule has 0 unspecified atom stereocenters. The van der Waals surface area contributed by atoms with Crippen molar-refractivity contribution >= 4 is 22.5 Å². The third kappa shape index (κ3) is 4.53. The molecule has 0 heterocycles.